The van der Waals surface area contributed by atoms with E-state index in [1.807, 2.05) is 0 Å². The molecule has 3 nitrogen and oxygen atoms in total. The Hall–Kier alpha value is -1.06. The minimum Gasteiger partial charge on any atom is -0.496 e. The van der Waals surface area contributed by atoms with Crippen LogP contribution in [0.1, 0.15) is 30.5 Å². The third kappa shape index (κ3) is 4.67. The molecule has 1 unspecified atom stereocenters. The van der Waals surface area contributed by atoms with E-state index in [4.69, 9.17) is 4.74 Å². The zero-order valence-electron chi connectivity index (χ0n) is 12.3. The molecule has 3 heteroatoms. The summed E-state index contributed by atoms with van der Waals surface area (Å²) in [6, 6.07) is 6.70. The number of benzene rings is 1. The lowest BCUT2D eigenvalue weighted by Crippen LogP contribution is -2.24. The van der Waals surface area contributed by atoms with Crippen molar-refractivity contribution in [1.82, 2.24) is 10.2 Å². The van der Waals surface area contributed by atoms with Crippen LogP contribution < -0.4 is 10.1 Å². The highest BCUT2D eigenvalue weighted by Gasteiger charge is 2.10. The van der Waals surface area contributed by atoms with E-state index in [9.17, 15) is 0 Å². The van der Waals surface area contributed by atoms with E-state index in [0.717, 1.165) is 25.3 Å². The Morgan fingerprint density at radius 2 is 2.06 bits per heavy atom. The Bertz CT molecular complexity index is 364. The van der Waals surface area contributed by atoms with Gasteiger partial charge in [-0.1, -0.05) is 12.1 Å². The van der Waals surface area contributed by atoms with Crippen LogP contribution >= 0.6 is 0 Å². The van der Waals surface area contributed by atoms with Crippen molar-refractivity contribution in [3.05, 3.63) is 29.3 Å². The number of aryl methyl sites for hydroxylation is 1. The maximum Gasteiger partial charge on any atom is 0.123 e. The van der Waals surface area contributed by atoms with Gasteiger partial charge >= 0.3 is 0 Å². The summed E-state index contributed by atoms with van der Waals surface area (Å²) >= 11 is 0. The lowest BCUT2D eigenvalue weighted by atomic mass is 10.0. The van der Waals surface area contributed by atoms with Crippen LogP contribution in [-0.4, -0.2) is 39.2 Å². The lowest BCUT2D eigenvalue weighted by Gasteiger charge is -2.18. The van der Waals surface area contributed by atoms with E-state index in [2.05, 4.69) is 56.4 Å². The van der Waals surface area contributed by atoms with Gasteiger partial charge in [-0.05, 0) is 59.1 Å². The van der Waals surface area contributed by atoms with Gasteiger partial charge in [0.1, 0.15) is 5.75 Å². The number of hydrogen-bond acceptors (Lipinski definition) is 3. The maximum atomic E-state index is 5.44. The van der Waals surface area contributed by atoms with Crippen molar-refractivity contribution < 1.29 is 4.74 Å². The number of rotatable bonds is 7. The molecule has 0 heterocycles. The molecule has 1 N–H and O–H groups in total. The fourth-order valence-corrected chi connectivity index (χ4v) is 2.00. The molecule has 0 spiro atoms. The number of ether oxygens (including phenoxy) is 1. The SMILES string of the molecule is COc1cc(C)ccc1C(C)NCCCN(C)C. The molecule has 0 aliphatic carbocycles. The standard InChI is InChI=1S/C15H26N2O/c1-12-7-8-14(15(11-12)18-5)13(2)16-9-6-10-17(3)4/h7-8,11,13,16H,6,9-10H2,1-5H3. The first-order valence-electron chi connectivity index (χ1n) is 6.57. The Morgan fingerprint density at radius 3 is 2.67 bits per heavy atom. The molecule has 0 aliphatic heterocycles. The number of nitrogens with zero attached hydrogens (tertiary/aromatic N) is 1. The van der Waals surface area contributed by atoms with Crippen molar-refractivity contribution in [1.29, 1.82) is 0 Å². The Kier molecular flexibility index (Phi) is 6.16. The molecule has 1 aromatic rings. The number of methoxy groups -OCH3 is 1. The van der Waals surface area contributed by atoms with Gasteiger partial charge in [-0.25, -0.2) is 0 Å². The third-order valence-electron chi connectivity index (χ3n) is 3.09. The number of nitrogens with one attached hydrogen (secondary N) is 1. The minimum atomic E-state index is 0.322. The molecule has 0 saturated heterocycles. The highest BCUT2D eigenvalue weighted by atomic mass is 16.5. The molecular formula is C15H26N2O. The fourth-order valence-electron chi connectivity index (χ4n) is 2.00. The van der Waals surface area contributed by atoms with E-state index in [1.165, 1.54) is 11.1 Å². The molecule has 0 aliphatic rings. The highest BCUT2D eigenvalue weighted by Crippen LogP contribution is 2.25. The van der Waals surface area contributed by atoms with Crippen molar-refractivity contribution in [2.75, 3.05) is 34.3 Å². The lowest BCUT2D eigenvalue weighted by molar-refractivity contribution is 0.382. The van der Waals surface area contributed by atoms with E-state index in [0.29, 0.717) is 6.04 Å². The van der Waals surface area contributed by atoms with Crippen LogP contribution in [0.4, 0.5) is 0 Å². The molecule has 1 atom stereocenters. The first-order chi connectivity index (χ1) is 8.54. The Balaban J connectivity index is 2.53. The fraction of sp³-hybridized carbons (Fsp3) is 0.600. The molecule has 0 aromatic heterocycles. The van der Waals surface area contributed by atoms with Crippen LogP contribution in [0, 0.1) is 6.92 Å². The van der Waals surface area contributed by atoms with Crippen molar-refractivity contribution in [3.8, 4) is 5.75 Å². The van der Waals surface area contributed by atoms with Gasteiger partial charge in [0, 0.05) is 11.6 Å². The first kappa shape index (κ1) is 15.0. The monoisotopic (exact) mass is 250 g/mol. The molecule has 1 rings (SSSR count). The molecule has 0 saturated carbocycles. The summed E-state index contributed by atoms with van der Waals surface area (Å²) in [6.07, 6.45) is 1.16. The van der Waals surface area contributed by atoms with E-state index in [-0.39, 0.29) is 0 Å². The summed E-state index contributed by atoms with van der Waals surface area (Å²) in [5.74, 6) is 0.975. The average Bonchev–Trinajstić information content (AvgIpc) is 2.33. The van der Waals surface area contributed by atoms with Crippen LogP contribution in [0.25, 0.3) is 0 Å². The van der Waals surface area contributed by atoms with Gasteiger partial charge in [0.2, 0.25) is 0 Å². The highest BCUT2D eigenvalue weighted by molar-refractivity contribution is 5.38. The smallest absolute Gasteiger partial charge is 0.123 e. The largest absolute Gasteiger partial charge is 0.496 e. The predicted octanol–water partition coefficient (Wildman–Crippen LogP) is 2.61. The van der Waals surface area contributed by atoms with Crippen molar-refractivity contribution >= 4 is 0 Å². The van der Waals surface area contributed by atoms with Crippen LogP contribution in [-0.2, 0) is 0 Å². The van der Waals surface area contributed by atoms with E-state index < -0.39 is 0 Å². The topological polar surface area (TPSA) is 24.5 Å². The Morgan fingerprint density at radius 1 is 1.33 bits per heavy atom. The average molecular weight is 250 g/mol. The molecule has 0 radical (unpaired) electrons. The van der Waals surface area contributed by atoms with Crippen molar-refractivity contribution in [2.24, 2.45) is 0 Å². The normalized spacial score (nSPS) is 12.8. The van der Waals surface area contributed by atoms with Crippen LogP contribution in [0.2, 0.25) is 0 Å². The summed E-state index contributed by atoms with van der Waals surface area (Å²) in [4.78, 5) is 2.21. The first-order valence-corrected chi connectivity index (χ1v) is 6.57. The minimum absolute atomic E-state index is 0.322. The summed E-state index contributed by atoms with van der Waals surface area (Å²) < 4.78 is 5.44. The molecule has 0 fully saturated rings. The van der Waals surface area contributed by atoms with Crippen LogP contribution in [0.15, 0.2) is 18.2 Å². The summed E-state index contributed by atoms with van der Waals surface area (Å²) in [7, 11) is 5.94. The molecule has 1 aromatic carbocycles. The van der Waals surface area contributed by atoms with Gasteiger partial charge in [-0.15, -0.1) is 0 Å². The maximum absolute atomic E-state index is 5.44. The molecule has 0 amide bonds. The second-order valence-electron chi connectivity index (χ2n) is 5.08. The van der Waals surface area contributed by atoms with Crippen LogP contribution in [0.3, 0.4) is 0 Å². The molecule has 0 bridgehead atoms. The quantitative estimate of drug-likeness (QED) is 0.753. The summed E-state index contributed by atoms with van der Waals surface area (Å²) in [5, 5.41) is 3.54. The van der Waals surface area contributed by atoms with Gasteiger partial charge in [-0.3, -0.25) is 0 Å². The summed E-state index contributed by atoms with van der Waals surface area (Å²) in [5.41, 5.74) is 2.46. The van der Waals surface area contributed by atoms with Crippen LogP contribution in [0.5, 0.6) is 5.75 Å². The Labute approximate surface area is 111 Å². The molecular weight excluding hydrogens is 224 g/mol. The second kappa shape index (κ2) is 7.39. The third-order valence-corrected chi connectivity index (χ3v) is 3.09. The molecule has 18 heavy (non-hydrogen) atoms. The summed E-state index contributed by atoms with van der Waals surface area (Å²) in [6.45, 7) is 6.41. The van der Waals surface area contributed by atoms with Gasteiger partial charge < -0.3 is 15.0 Å². The van der Waals surface area contributed by atoms with E-state index >= 15 is 0 Å². The van der Waals surface area contributed by atoms with Gasteiger partial charge in [0.25, 0.3) is 0 Å². The predicted molar refractivity (Wildman–Crippen MR) is 77.3 cm³/mol. The zero-order chi connectivity index (χ0) is 13.5. The molecule has 102 valence electrons. The van der Waals surface area contributed by atoms with Gasteiger partial charge in [0.15, 0.2) is 0 Å². The van der Waals surface area contributed by atoms with Crippen molar-refractivity contribution in [3.63, 3.8) is 0 Å². The van der Waals surface area contributed by atoms with Gasteiger partial charge in [0.05, 0.1) is 7.11 Å². The zero-order valence-corrected chi connectivity index (χ0v) is 12.3. The van der Waals surface area contributed by atoms with Crippen molar-refractivity contribution in [2.45, 2.75) is 26.3 Å². The van der Waals surface area contributed by atoms with Gasteiger partial charge in [-0.2, -0.15) is 0 Å². The number of hydrogen-bond donors (Lipinski definition) is 1. The van der Waals surface area contributed by atoms with E-state index in [1.54, 1.807) is 7.11 Å². The second-order valence-corrected chi connectivity index (χ2v) is 5.08.